The van der Waals surface area contributed by atoms with Crippen LogP contribution in [0.3, 0.4) is 0 Å². The van der Waals surface area contributed by atoms with Gasteiger partial charge in [-0.2, -0.15) is 18.4 Å². The van der Waals surface area contributed by atoms with Crippen molar-refractivity contribution < 1.29 is 28.2 Å². The van der Waals surface area contributed by atoms with Crippen LogP contribution in [-0.4, -0.2) is 45.5 Å². The summed E-state index contributed by atoms with van der Waals surface area (Å²) in [6.45, 7) is 1.74. The highest BCUT2D eigenvalue weighted by Gasteiger charge is 2.64. The van der Waals surface area contributed by atoms with Crippen LogP contribution in [0.5, 0.6) is 0 Å². The maximum atomic E-state index is 13.5. The Labute approximate surface area is 176 Å². The largest absolute Gasteiger partial charge is 0.465 e. The number of amides is 1. The number of carboxylic acid groups (broad SMARTS) is 1. The Bertz CT molecular complexity index is 1070. The third-order valence-electron chi connectivity index (χ3n) is 6.66. The molecule has 6 nitrogen and oxygen atoms in total. The first-order valence-electron chi connectivity index (χ1n) is 9.70. The second-order valence-corrected chi connectivity index (χ2v) is 8.64. The summed E-state index contributed by atoms with van der Waals surface area (Å²) in [5.74, 6) is 0. The standard InChI is InChI=1S/C22H20F3N3O3/c1-19(12-28(13-19)18(29)30)21(31,17-8-14(9-26)10-27-11-17)16-4-2-15(3-5-16)20(6-7-20)22(23,24)25/h2-5,8,10-11,31H,6-7,12-13H2,1H3,(H,29,30)/t21-/m0/s1. The number of aromatic nitrogens is 1. The van der Waals surface area contributed by atoms with Gasteiger partial charge < -0.3 is 15.1 Å². The molecule has 1 saturated heterocycles. The zero-order valence-electron chi connectivity index (χ0n) is 16.6. The maximum Gasteiger partial charge on any atom is 0.407 e. The number of nitriles is 1. The lowest BCUT2D eigenvalue weighted by molar-refractivity contribution is -0.160. The van der Waals surface area contributed by atoms with Crippen LogP contribution in [0.2, 0.25) is 0 Å². The molecule has 1 aliphatic carbocycles. The average molecular weight is 431 g/mol. The number of benzene rings is 1. The van der Waals surface area contributed by atoms with Crippen LogP contribution in [0.4, 0.5) is 18.0 Å². The minimum Gasteiger partial charge on any atom is -0.465 e. The van der Waals surface area contributed by atoms with Crippen molar-refractivity contribution in [2.75, 3.05) is 13.1 Å². The van der Waals surface area contributed by atoms with Crippen LogP contribution in [0.25, 0.3) is 0 Å². The number of aliphatic hydroxyl groups is 1. The molecule has 1 aromatic carbocycles. The molecule has 4 rings (SSSR count). The van der Waals surface area contributed by atoms with Gasteiger partial charge in [0.25, 0.3) is 0 Å². The number of nitrogens with zero attached hydrogens (tertiary/aromatic N) is 3. The number of pyridine rings is 1. The van der Waals surface area contributed by atoms with E-state index in [0.29, 0.717) is 5.56 Å². The highest BCUT2D eigenvalue weighted by Crippen LogP contribution is 2.59. The summed E-state index contributed by atoms with van der Waals surface area (Å²) in [5, 5.41) is 30.4. The highest BCUT2D eigenvalue weighted by molar-refractivity contribution is 5.67. The van der Waals surface area contributed by atoms with Crippen molar-refractivity contribution in [1.82, 2.24) is 9.88 Å². The van der Waals surface area contributed by atoms with Crippen molar-refractivity contribution in [3.63, 3.8) is 0 Å². The molecule has 2 aromatic rings. The van der Waals surface area contributed by atoms with Crippen LogP contribution in [0.15, 0.2) is 42.7 Å². The zero-order chi connectivity index (χ0) is 22.7. The summed E-state index contributed by atoms with van der Waals surface area (Å²) in [5.41, 5.74) is -3.62. The Kier molecular flexibility index (Phi) is 4.56. The molecular weight excluding hydrogens is 411 g/mol. The Morgan fingerprint density at radius 3 is 2.26 bits per heavy atom. The molecular formula is C22H20F3N3O3. The molecule has 31 heavy (non-hydrogen) atoms. The molecule has 2 fully saturated rings. The van der Waals surface area contributed by atoms with E-state index in [0.717, 1.165) is 4.90 Å². The molecule has 1 amide bonds. The summed E-state index contributed by atoms with van der Waals surface area (Å²) in [6.07, 6.45) is -2.70. The van der Waals surface area contributed by atoms with Crippen LogP contribution in [0.1, 0.15) is 42.0 Å². The van der Waals surface area contributed by atoms with E-state index in [4.69, 9.17) is 0 Å². The molecule has 1 saturated carbocycles. The van der Waals surface area contributed by atoms with Crippen molar-refractivity contribution >= 4 is 6.09 Å². The minimum atomic E-state index is -4.35. The fourth-order valence-corrected chi connectivity index (χ4v) is 4.61. The van der Waals surface area contributed by atoms with E-state index in [-0.39, 0.29) is 42.6 Å². The van der Waals surface area contributed by atoms with Gasteiger partial charge in [-0.3, -0.25) is 4.98 Å². The van der Waals surface area contributed by atoms with Gasteiger partial charge in [0.2, 0.25) is 0 Å². The molecule has 1 atom stereocenters. The quantitative estimate of drug-likeness (QED) is 0.768. The molecule has 0 radical (unpaired) electrons. The van der Waals surface area contributed by atoms with E-state index in [1.54, 1.807) is 6.92 Å². The SMILES string of the molecule is CC1([C@](O)(c2ccc(C3(C(F)(F)F)CC3)cc2)c2cncc(C#N)c2)CN(C(=O)O)C1. The topological polar surface area (TPSA) is 97.5 Å². The highest BCUT2D eigenvalue weighted by atomic mass is 19.4. The summed E-state index contributed by atoms with van der Waals surface area (Å²) in [4.78, 5) is 16.5. The van der Waals surface area contributed by atoms with Gasteiger partial charge in [0, 0.05) is 36.5 Å². The van der Waals surface area contributed by atoms with Crippen molar-refractivity contribution in [1.29, 1.82) is 5.26 Å². The Morgan fingerprint density at radius 1 is 1.16 bits per heavy atom. The van der Waals surface area contributed by atoms with E-state index in [1.807, 2.05) is 6.07 Å². The summed E-state index contributed by atoms with van der Waals surface area (Å²) in [6, 6.07) is 9.08. The van der Waals surface area contributed by atoms with Gasteiger partial charge in [-0.25, -0.2) is 4.79 Å². The van der Waals surface area contributed by atoms with E-state index in [9.17, 15) is 33.4 Å². The molecule has 2 N–H and O–H groups in total. The number of halogens is 3. The molecule has 1 aliphatic heterocycles. The average Bonchev–Trinajstić information content (AvgIpc) is 3.53. The van der Waals surface area contributed by atoms with Crippen LogP contribution in [0, 0.1) is 16.7 Å². The predicted octanol–water partition coefficient (Wildman–Crippen LogP) is 3.78. The van der Waals surface area contributed by atoms with Crippen LogP contribution in [-0.2, 0) is 11.0 Å². The molecule has 0 unspecified atom stereocenters. The zero-order valence-corrected chi connectivity index (χ0v) is 16.6. The second-order valence-electron chi connectivity index (χ2n) is 8.64. The summed E-state index contributed by atoms with van der Waals surface area (Å²) >= 11 is 0. The smallest absolute Gasteiger partial charge is 0.407 e. The van der Waals surface area contributed by atoms with E-state index in [1.165, 1.54) is 42.7 Å². The normalized spacial score (nSPS) is 20.8. The molecule has 0 bridgehead atoms. The van der Waals surface area contributed by atoms with E-state index < -0.39 is 28.7 Å². The van der Waals surface area contributed by atoms with Gasteiger partial charge in [-0.15, -0.1) is 0 Å². The molecule has 2 aliphatic rings. The molecule has 1 aromatic heterocycles. The summed E-state index contributed by atoms with van der Waals surface area (Å²) in [7, 11) is 0. The van der Waals surface area contributed by atoms with Gasteiger partial charge >= 0.3 is 12.3 Å². The lowest BCUT2D eigenvalue weighted by atomic mass is 9.62. The Hall–Kier alpha value is -3.12. The van der Waals surface area contributed by atoms with Gasteiger partial charge in [-0.1, -0.05) is 31.2 Å². The van der Waals surface area contributed by atoms with Crippen LogP contribution < -0.4 is 0 Å². The molecule has 2 heterocycles. The second kappa shape index (κ2) is 6.69. The fourth-order valence-electron chi connectivity index (χ4n) is 4.61. The van der Waals surface area contributed by atoms with E-state index in [2.05, 4.69) is 4.98 Å². The van der Waals surface area contributed by atoms with Crippen molar-refractivity contribution in [3.8, 4) is 6.07 Å². The number of hydrogen-bond donors (Lipinski definition) is 2. The van der Waals surface area contributed by atoms with Gasteiger partial charge in [-0.05, 0) is 30.0 Å². The number of rotatable bonds is 4. The first kappa shape index (κ1) is 21.1. The first-order valence-corrected chi connectivity index (χ1v) is 9.70. The maximum absolute atomic E-state index is 13.5. The molecule has 162 valence electrons. The molecule has 0 spiro atoms. The predicted molar refractivity (Wildman–Crippen MR) is 103 cm³/mol. The van der Waals surface area contributed by atoms with Crippen molar-refractivity contribution in [2.24, 2.45) is 5.41 Å². The Morgan fingerprint density at radius 2 is 1.77 bits per heavy atom. The number of alkyl halides is 3. The van der Waals surface area contributed by atoms with Crippen molar-refractivity contribution in [2.45, 2.75) is 37.0 Å². The first-order chi connectivity index (χ1) is 14.5. The third kappa shape index (κ3) is 3.05. The van der Waals surface area contributed by atoms with Crippen LogP contribution >= 0.6 is 0 Å². The lowest BCUT2D eigenvalue weighted by Crippen LogP contribution is -2.66. The van der Waals surface area contributed by atoms with E-state index >= 15 is 0 Å². The minimum absolute atomic E-state index is 0.0177. The summed E-state index contributed by atoms with van der Waals surface area (Å²) < 4.78 is 40.5. The number of carbonyl (C=O) groups is 1. The van der Waals surface area contributed by atoms with Gasteiger partial charge in [0.1, 0.15) is 11.7 Å². The van der Waals surface area contributed by atoms with Gasteiger partial charge in [0.15, 0.2) is 0 Å². The number of likely N-dealkylation sites (tertiary alicyclic amines) is 1. The number of hydrogen-bond acceptors (Lipinski definition) is 4. The Balaban J connectivity index is 1.79. The third-order valence-corrected chi connectivity index (χ3v) is 6.66. The lowest BCUT2D eigenvalue weighted by Gasteiger charge is -2.55. The van der Waals surface area contributed by atoms with Crippen molar-refractivity contribution in [3.05, 3.63) is 65.0 Å². The fraction of sp³-hybridized carbons (Fsp3) is 0.409. The van der Waals surface area contributed by atoms with Gasteiger partial charge in [0.05, 0.1) is 11.0 Å². The molecule has 9 heteroatoms. The monoisotopic (exact) mass is 431 g/mol.